The van der Waals surface area contributed by atoms with E-state index in [1.807, 2.05) is 0 Å². The summed E-state index contributed by atoms with van der Waals surface area (Å²) in [4.78, 5) is 11.8. The Labute approximate surface area is 145 Å². The molecule has 0 aliphatic rings. The van der Waals surface area contributed by atoms with Crippen LogP contribution in [0.2, 0.25) is 0 Å². The summed E-state index contributed by atoms with van der Waals surface area (Å²) < 4.78 is 27.6. The van der Waals surface area contributed by atoms with Gasteiger partial charge in [0.2, 0.25) is 10.0 Å². The fourth-order valence-corrected chi connectivity index (χ4v) is 2.62. The van der Waals surface area contributed by atoms with Gasteiger partial charge in [0.05, 0.1) is 18.1 Å². The number of nitrogens with one attached hydrogen (secondary N) is 2. The second-order valence-electron chi connectivity index (χ2n) is 5.20. The van der Waals surface area contributed by atoms with E-state index in [1.165, 1.54) is 24.3 Å². The standard InChI is InChI=1S/C16H19N3O5S/c1-24-13-7-5-11(6-8-13)15(20)10-18-16(21)19-12-3-2-4-14(9-12)25(17,22)23/h2-9,15,20H,10H2,1H3,(H2,17,22,23)(H2,18,19,21). The second-order valence-corrected chi connectivity index (χ2v) is 6.76. The average molecular weight is 365 g/mol. The van der Waals surface area contributed by atoms with Gasteiger partial charge in [-0.05, 0) is 35.9 Å². The molecule has 0 saturated carbocycles. The first-order valence-corrected chi connectivity index (χ1v) is 8.84. The molecule has 2 aromatic rings. The summed E-state index contributed by atoms with van der Waals surface area (Å²) in [5, 5.41) is 20.1. The number of hydrogen-bond acceptors (Lipinski definition) is 5. The van der Waals surface area contributed by atoms with Crippen LogP contribution >= 0.6 is 0 Å². The van der Waals surface area contributed by atoms with Gasteiger partial charge in [0.15, 0.2) is 0 Å². The molecule has 0 aromatic heterocycles. The lowest BCUT2D eigenvalue weighted by atomic mass is 10.1. The molecular formula is C16H19N3O5S. The van der Waals surface area contributed by atoms with Crippen molar-refractivity contribution in [2.45, 2.75) is 11.0 Å². The van der Waals surface area contributed by atoms with Gasteiger partial charge < -0.3 is 20.5 Å². The maximum Gasteiger partial charge on any atom is 0.319 e. The Balaban J connectivity index is 1.92. The average Bonchev–Trinajstić information content (AvgIpc) is 2.59. The molecule has 0 fully saturated rings. The maximum atomic E-state index is 11.9. The number of ether oxygens (including phenoxy) is 1. The highest BCUT2D eigenvalue weighted by atomic mass is 32.2. The van der Waals surface area contributed by atoms with E-state index in [9.17, 15) is 18.3 Å². The van der Waals surface area contributed by atoms with Gasteiger partial charge >= 0.3 is 6.03 Å². The molecule has 0 heterocycles. The normalized spacial score (nSPS) is 12.3. The number of hydrogen-bond donors (Lipinski definition) is 4. The molecule has 1 atom stereocenters. The monoisotopic (exact) mass is 365 g/mol. The minimum atomic E-state index is -3.85. The van der Waals surface area contributed by atoms with E-state index in [1.54, 1.807) is 31.4 Å². The highest BCUT2D eigenvalue weighted by Gasteiger charge is 2.12. The predicted octanol–water partition coefficient (Wildman–Crippen LogP) is 1.20. The first-order valence-electron chi connectivity index (χ1n) is 7.29. The van der Waals surface area contributed by atoms with Crippen molar-refractivity contribution in [3.8, 4) is 5.75 Å². The molecule has 8 nitrogen and oxygen atoms in total. The van der Waals surface area contributed by atoms with E-state index < -0.39 is 22.2 Å². The van der Waals surface area contributed by atoms with Crippen LogP contribution in [0.3, 0.4) is 0 Å². The molecule has 25 heavy (non-hydrogen) atoms. The number of rotatable bonds is 6. The van der Waals surface area contributed by atoms with Gasteiger partial charge in [-0.1, -0.05) is 18.2 Å². The molecule has 0 saturated heterocycles. The first-order chi connectivity index (χ1) is 11.8. The molecular weight excluding hydrogens is 346 g/mol. The largest absolute Gasteiger partial charge is 0.497 e. The van der Waals surface area contributed by atoms with Crippen LogP contribution in [-0.4, -0.2) is 33.2 Å². The van der Waals surface area contributed by atoms with Crippen molar-refractivity contribution in [2.75, 3.05) is 19.0 Å². The number of aliphatic hydroxyl groups excluding tert-OH is 1. The maximum absolute atomic E-state index is 11.9. The summed E-state index contributed by atoms with van der Waals surface area (Å²) in [6, 6.07) is 11.8. The molecule has 0 aliphatic carbocycles. The van der Waals surface area contributed by atoms with Crippen LogP contribution in [0.4, 0.5) is 10.5 Å². The zero-order chi connectivity index (χ0) is 18.4. The van der Waals surface area contributed by atoms with Crippen molar-refractivity contribution in [1.82, 2.24) is 5.32 Å². The van der Waals surface area contributed by atoms with Crippen molar-refractivity contribution >= 4 is 21.7 Å². The van der Waals surface area contributed by atoms with Crippen LogP contribution in [0, 0.1) is 0 Å². The van der Waals surface area contributed by atoms with Crippen molar-refractivity contribution < 1.29 is 23.1 Å². The molecule has 2 amide bonds. The third kappa shape index (κ3) is 5.45. The van der Waals surface area contributed by atoms with Gasteiger partial charge in [-0.15, -0.1) is 0 Å². The van der Waals surface area contributed by atoms with E-state index in [2.05, 4.69) is 10.6 Å². The molecule has 0 radical (unpaired) electrons. The van der Waals surface area contributed by atoms with Crippen LogP contribution in [0.25, 0.3) is 0 Å². The molecule has 134 valence electrons. The van der Waals surface area contributed by atoms with E-state index >= 15 is 0 Å². The number of amides is 2. The fraction of sp³-hybridized carbons (Fsp3) is 0.188. The lowest BCUT2D eigenvalue weighted by Gasteiger charge is -2.13. The van der Waals surface area contributed by atoms with Gasteiger partial charge in [0.25, 0.3) is 0 Å². The molecule has 5 N–H and O–H groups in total. The van der Waals surface area contributed by atoms with E-state index in [4.69, 9.17) is 9.88 Å². The topological polar surface area (TPSA) is 131 Å². The third-order valence-electron chi connectivity index (χ3n) is 3.38. The van der Waals surface area contributed by atoms with Gasteiger partial charge in [-0.25, -0.2) is 18.4 Å². The molecule has 0 aliphatic heterocycles. The zero-order valence-electron chi connectivity index (χ0n) is 13.5. The lowest BCUT2D eigenvalue weighted by Crippen LogP contribution is -2.32. The zero-order valence-corrected chi connectivity index (χ0v) is 14.3. The van der Waals surface area contributed by atoms with Gasteiger partial charge in [-0.2, -0.15) is 0 Å². The van der Waals surface area contributed by atoms with Gasteiger partial charge in [0, 0.05) is 12.2 Å². The first kappa shape index (κ1) is 18.7. The number of benzene rings is 2. The highest BCUT2D eigenvalue weighted by Crippen LogP contribution is 2.17. The van der Waals surface area contributed by atoms with Crippen LogP contribution < -0.4 is 20.5 Å². The van der Waals surface area contributed by atoms with Gasteiger partial charge in [-0.3, -0.25) is 0 Å². The van der Waals surface area contributed by atoms with E-state index in [-0.39, 0.29) is 17.1 Å². The Morgan fingerprint density at radius 1 is 1.24 bits per heavy atom. The van der Waals surface area contributed by atoms with E-state index in [0.29, 0.717) is 11.3 Å². The summed E-state index contributed by atoms with van der Waals surface area (Å²) >= 11 is 0. The number of carbonyl (C=O) groups excluding carboxylic acids is 1. The van der Waals surface area contributed by atoms with Crippen molar-refractivity contribution in [3.05, 3.63) is 54.1 Å². The number of anilines is 1. The Hall–Kier alpha value is -2.62. The number of sulfonamides is 1. The molecule has 2 aromatic carbocycles. The van der Waals surface area contributed by atoms with Crippen molar-refractivity contribution in [1.29, 1.82) is 0 Å². The molecule has 9 heteroatoms. The number of carbonyl (C=O) groups is 1. The summed E-state index contributed by atoms with van der Waals surface area (Å²) in [5.41, 5.74) is 0.889. The summed E-state index contributed by atoms with van der Waals surface area (Å²) in [6.07, 6.45) is -0.896. The van der Waals surface area contributed by atoms with Crippen molar-refractivity contribution in [3.63, 3.8) is 0 Å². The minimum absolute atomic E-state index is 0.0208. The predicted molar refractivity (Wildman–Crippen MR) is 92.8 cm³/mol. The summed E-state index contributed by atoms with van der Waals surface area (Å²) in [7, 11) is -2.31. The minimum Gasteiger partial charge on any atom is -0.497 e. The Kier molecular flexibility index (Phi) is 5.97. The SMILES string of the molecule is COc1ccc(C(O)CNC(=O)Nc2cccc(S(N)(=O)=O)c2)cc1. The Bertz CT molecular complexity index is 837. The lowest BCUT2D eigenvalue weighted by molar-refractivity contribution is 0.175. The summed E-state index contributed by atoms with van der Waals surface area (Å²) in [6.45, 7) is -0.0208. The number of aliphatic hydroxyl groups is 1. The highest BCUT2D eigenvalue weighted by molar-refractivity contribution is 7.89. The Morgan fingerprint density at radius 3 is 2.52 bits per heavy atom. The molecule has 0 spiro atoms. The van der Waals surface area contributed by atoms with E-state index in [0.717, 1.165) is 0 Å². The number of primary sulfonamides is 1. The molecule has 1 unspecified atom stereocenters. The molecule has 2 rings (SSSR count). The molecule has 0 bridgehead atoms. The number of urea groups is 1. The summed E-state index contributed by atoms with van der Waals surface area (Å²) in [5.74, 6) is 0.663. The van der Waals surface area contributed by atoms with Crippen LogP contribution in [0.5, 0.6) is 5.75 Å². The van der Waals surface area contributed by atoms with Crippen LogP contribution in [0.15, 0.2) is 53.4 Å². The van der Waals surface area contributed by atoms with Crippen LogP contribution in [0.1, 0.15) is 11.7 Å². The smallest absolute Gasteiger partial charge is 0.319 e. The van der Waals surface area contributed by atoms with Crippen molar-refractivity contribution in [2.24, 2.45) is 5.14 Å². The number of methoxy groups -OCH3 is 1. The second kappa shape index (κ2) is 7.97. The van der Waals surface area contributed by atoms with Crippen LogP contribution in [-0.2, 0) is 10.0 Å². The van der Waals surface area contributed by atoms with Gasteiger partial charge in [0.1, 0.15) is 5.75 Å². The Morgan fingerprint density at radius 2 is 1.92 bits per heavy atom. The quantitative estimate of drug-likeness (QED) is 0.611. The fourth-order valence-electron chi connectivity index (χ4n) is 2.06. The third-order valence-corrected chi connectivity index (χ3v) is 4.29. The number of nitrogens with two attached hydrogens (primary N) is 1.